The summed E-state index contributed by atoms with van der Waals surface area (Å²) < 4.78 is 38.3. The second-order valence-corrected chi connectivity index (χ2v) is 6.27. The number of halogens is 3. The van der Waals surface area contributed by atoms with Gasteiger partial charge < -0.3 is 10.2 Å². The number of nitrogens with zero attached hydrogens (tertiary/aromatic N) is 2. The van der Waals surface area contributed by atoms with Gasteiger partial charge in [-0.05, 0) is 37.8 Å². The van der Waals surface area contributed by atoms with Crippen molar-refractivity contribution >= 4 is 17.6 Å². The van der Waals surface area contributed by atoms with Crippen LogP contribution >= 0.6 is 0 Å². The summed E-state index contributed by atoms with van der Waals surface area (Å²) in [5.41, 5.74) is -1.42. The third-order valence-electron chi connectivity index (χ3n) is 4.78. The number of piperidine rings is 1. The molecule has 2 fully saturated rings. The first-order valence-corrected chi connectivity index (χ1v) is 7.62. The monoisotopic (exact) mass is 342 g/mol. The topological polar surface area (TPSA) is 74.3 Å². The molecule has 2 saturated heterocycles. The van der Waals surface area contributed by atoms with Gasteiger partial charge in [-0.3, -0.25) is 15.1 Å². The first kappa shape index (κ1) is 16.5. The third-order valence-corrected chi connectivity index (χ3v) is 4.78. The van der Waals surface area contributed by atoms with Crippen LogP contribution in [0.1, 0.15) is 25.5 Å². The Labute approximate surface area is 136 Å². The highest BCUT2D eigenvalue weighted by molar-refractivity contribution is 6.06. The van der Waals surface area contributed by atoms with Crippen LogP contribution in [0.3, 0.4) is 0 Å². The molecule has 130 valence electrons. The maximum absolute atomic E-state index is 12.8. The molecule has 0 spiro atoms. The standard InChI is InChI=1S/C15H17F3N4O2/c1-14(12(23)20-13(24)21-14)9-3-6-22(7-4-9)10-2-5-19-11(8-10)15(16,17)18/h2,5,8-9H,3-4,6-7H2,1H3,(H2,20,21,23,24). The SMILES string of the molecule is CC1(C2CCN(c3ccnc(C(F)(F)F)c3)CC2)NC(=O)NC1=O. The maximum Gasteiger partial charge on any atom is 0.433 e. The number of anilines is 1. The lowest BCUT2D eigenvalue weighted by Gasteiger charge is -2.39. The van der Waals surface area contributed by atoms with Crippen LogP contribution in [-0.4, -0.2) is 35.6 Å². The van der Waals surface area contributed by atoms with Crippen molar-refractivity contribution in [2.45, 2.75) is 31.5 Å². The van der Waals surface area contributed by atoms with Crippen molar-refractivity contribution in [2.75, 3.05) is 18.0 Å². The lowest BCUT2D eigenvalue weighted by atomic mass is 9.79. The predicted molar refractivity (Wildman–Crippen MR) is 79.3 cm³/mol. The number of imide groups is 1. The van der Waals surface area contributed by atoms with E-state index >= 15 is 0 Å². The van der Waals surface area contributed by atoms with Gasteiger partial charge in [-0.1, -0.05) is 0 Å². The number of amides is 3. The molecule has 1 aromatic heterocycles. The Morgan fingerprint density at radius 2 is 1.96 bits per heavy atom. The summed E-state index contributed by atoms with van der Waals surface area (Å²) >= 11 is 0. The van der Waals surface area contributed by atoms with E-state index in [4.69, 9.17) is 0 Å². The minimum absolute atomic E-state index is 0.0656. The van der Waals surface area contributed by atoms with Gasteiger partial charge in [0.1, 0.15) is 11.2 Å². The van der Waals surface area contributed by atoms with Crippen LogP contribution in [0.25, 0.3) is 0 Å². The molecule has 3 rings (SSSR count). The van der Waals surface area contributed by atoms with Crippen LogP contribution in [0.4, 0.5) is 23.7 Å². The van der Waals surface area contributed by atoms with Crippen LogP contribution in [0.15, 0.2) is 18.3 Å². The number of pyridine rings is 1. The number of carbonyl (C=O) groups excluding carboxylic acids is 2. The van der Waals surface area contributed by atoms with Crippen molar-refractivity contribution in [2.24, 2.45) is 5.92 Å². The molecule has 0 saturated carbocycles. The van der Waals surface area contributed by atoms with E-state index in [-0.39, 0.29) is 11.8 Å². The lowest BCUT2D eigenvalue weighted by molar-refractivity contribution is -0.141. The molecule has 24 heavy (non-hydrogen) atoms. The van der Waals surface area contributed by atoms with Crippen LogP contribution in [0.2, 0.25) is 0 Å². The van der Waals surface area contributed by atoms with Gasteiger partial charge in [0, 0.05) is 25.0 Å². The normalized spacial score (nSPS) is 25.6. The Morgan fingerprint density at radius 3 is 2.50 bits per heavy atom. The van der Waals surface area contributed by atoms with Gasteiger partial charge in [0.2, 0.25) is 0 Å². The molecule has 1 unspecified atom stereocenters. The predicted octanol–water partition coefficient (Wildman–Crippen LogP) is 1.91. The van der Waals surface area contributed by atoms with Crippen molar-refractivity contribution in [1.29, 1.82) is 0 Å². The molecule has 0 radical (unpaired) electrons. The average Bonchev–Trinajstić information content (AvgIpc) is 2.80. The Kier molecular flexibility index (Phi) is 3.89. The largest absolute Gasteiger partial charge is 0.433 e. The number of rotatable bonds is 2. The van der Waals surface area contributed by atoms with Gasteiger partial charge >= 0.3 is 12.2 Å². The fraction of sp³-hybridized carbons (Fsp3) is 0.533. The number of hydrogen-bond acceptors (Lipinski definition) is 4. The molecular weight excluding hydrogens is 325 g/mol. The van der Waals surface area contributed by atoms with Crippen LogP contribution in [0, 0.1) is 5.92 Å². The molecule has 1 aromatic rings. The summed E-state index contributed by atoms with van der Waals surface area (Å²) in [6.07, 6.45) is -2.15. The van der Waals surface area contributed by atoms with Crippen molar-refractivity contribution in [3.63, 3.8) is 0 Å². The highest BCUT2D eigenvalue weighted by Gasteiger charge is 2.48. The van der Waals surface area contributed by atoms with Gasteiger partial charge in [-0.25, -0.2) is 4.79 Å². The minimum atomic E-state index is -4.48. The van der Waals surface area contributed by atoms with Gasteiger partial charge in [0.25, 0.3) is 5.91 Å². The first-order valence-electron chi connectivity index (χ1n) is 7.62. The van der Waals surface area contributed by atoms with E-state index in [1.54, 1.807) is 13.0 Å². The van der Waals surface area contributed by atoms with Crippen molar-refractivity contribution < 1.29 is 22.8 Å². The summed E-state index contributed by atoms with van der Waals surface area (Å²) in [7, 11) is 0. The summed E-state index contributed by atoms with van der Waals surface area (Å²) in [6.45, 7) is 2.69. The van der Waals surface area contributed by atoms with E-state index in [1.807, 2.05) is 4.90 Å². The summed E-state index contributed by atoms with van der Waals surface area (Å²) in [4.78, 5) is 28.5. The van der Waals surface area contributed by atoms with E-state index in [2.05, 4.69) is 15.6 Å². The van der Waals surface area contributed by atoms with E-state index in [1.165, 1.54) is 0 Å². The molecule has 1 atom stereocenters. The molecule has 0 aliphatic carbocycles. The van der Waals surface area contributed by atoms with E-state index in [0.29, 0.717) is 31.6 Å². The van der Waals surface area contributed by atoms with E-state index in [9.17, 15) is 22.8 Å². The molecule has 9 heteroatoms. The Hall–Kier alpha value is -2.32. The van der Waals surface area contributed by atoms with E-state index in [0.717, 1.165) is 12.3 Å². The van der Waals surface area contributed by atoms with E-state index < -0.39 is 23.4 Å². The van der Waals surface area contributed by atoms with Gasteiger partial charge in [-0.15, -0.1) is 0 Å². The fourth-order valence-electron chi connectivity index (χ4n) is 3.33. The molecule has 2 aliphatic heterocycles. The summed E-state index contributed by atoms with van der Waals surface area (Å²) in [5, 5.41) is 4.89. The molecule has 2 aliphatic rings. The zero-order valence-electron chi connectivity index (χ0n) is 13.0. The van der Waals surface area contributed by atoms with Crippen molar-refractivity contribution in [3.8, 4) is 0 Å². The molecular formula is C15H17F3N4O2. The van der Waals surface area contributed by atoms with Gasteiger partial charge in [0.15, 0.2) is 0 Å². The van der Waals surface area contributed by atoms with Crippen LogP contribution in [0.5, 0.6) is 0 Å². The van der Waals surface area contributed by atoms with Crippen LogP contribution < -0.4 is 15.5 Å². The van der Waals surface area contributed by atoms with Crippen molar-refractivity contribution in [3.05, 3.63) is 24.0 Å². The number of nitrogens with one attached hydrogen (secondary N) is 2. The Bertz CT molecular complexity index is 671. The average molecular weight is 342 g/mol. The van der Waals surface area contributed by atoms with Crippen molar-refractivity contribution in [1.82, 2.24) is 15.6 Å². The van der Waals surface area contributed by atoms with Crippen LogP contribution in [-0.2, 0) is 11.0 Å². The first-order chi connectivity index (χ1) is 11.2. The molecule has 2 N–H and O–H groups in total. The number of urea groups is 1. The Morgan fingerprint density at radius 1 is 1.29 bits per heavy atom. The quantitative estimate of drug-likeness (QED) is 0.806. The third kappa shape index (κ3) is 2.90. The highest BCUT2D eigenvalue weighted by atomic mass is 19.4. The minimum Gasteiger partial charge on any atom is -0.371 e. The number of carbonyl (C=O) groups is 2. The number of aromatic nitrogens is 1. The van der Waals surface area contributed by atoms with Gasteiger partial charge in [0.05, 0.1) is 0 Å². The zero-order chi connectivity index (χ0) is 17.5. The van der Waals surface area contributed by atoms with Gasteiger partial charge in [-0.2, -0.15) is 13.2 Å². The molecule has 3 amide bonds. The second kappa shape index (κ2) is 5.64. The molecule has 3 heterocycles. The summed E-state index contributed by atoms with van der Waals surface area (Å²) in [5.74, 6) is -0.418. The fourth-order valence-corrected chi connectivity index (χ4v) is 3.33. The maximum atomic E-state index is 12.8. The smallest absolute Gasteiger partial charge is 0.371 e. The molecule has 0 aromatic carbocycles. The zero-order valence-corrected chi connectivity index (χ0v) is 13.0. The summed E-state index contributed by atoms with van der Waals surface area (Å²) in [6, 6.07) is 2.07. The molecule has 0 bridgehead atoms. The lowest BCUT2D eigenvalue weighted by Crippen LogP contribution is -2.53. The number of hydrogen-bond donors (Lipinski definition) is 2. The molecule has 6 nitrogen and oxygen atoms in total. The number of alkyl halides is 3. The Balaban J connectivity index is 1.70. The highest BCUT2D eigenvalue weighted by Crippen LogP contribution is 2.34. The second-order valence-electron chi connectivity index (χ2n) is 6.27.